The van der Waals surface area contributed by atoms with E-state index < -0.39 is 5.97 Å². The molecule has 4 rings (SSSR count). The first-order chi connectivity index (χ1) is 15.4. The molecule has 0 fully saturated rings. The Balaban J connectivity index is 1.52. The third-order valence-corrected chi connectivity index (χ3v) is 6.34. The van der Waals surface area contributed by atoms with E-state index in [0.717, 1.165) is 27.0 Å². The SMILES string of the molecule is COC(=O)c1ccc(CN(C)C(=O)c2cc3c(C)nn(Cc4ccc(F)cc4)c3s2)cc1. The summed E-state index contributed by atoms with van der Waals surface area (Å²) in [7, 11) is 3.09. The zero-order valence-corrected chi connectivity index (χ0v) is 18.8. The van der Waals surface area contributed by atoms with Crippen LogP contribution in [0.3, 0.4) is 0 Å². The second kappa shape index (κ2) is 8.92. The highest BCUT2D eigenvalue weighted by Gasteiger charge is 2.19. The number of esters is 1. The van der Waals surface area contributed by atoms with Crippen molar-refractivity contribution in [2.75, 3.05) is 14.2 Å². The first-order valence-electron chi connectivity index (χ1n) is 10.00. The number of fused-ring (bicyclic) bond motifs is 1. The summed E-state index contributed by atoms with van der Waals surface area (Å²) in [5.41, 5.74) is 3.16. The molecule has 164 valence electrons. The third kappa shape index (κ3) is 4.40. The van der Waals surface area contributed by atoms with E-state index >= 15 is 0 Å². The summed E-state index contributed by atoms with van der Waals surface area (Å²) in [6.45, 7) is 2.83. The normalized spacial score (nSPS) is 11.0. The summed E-state index contributed by atoms with van der Waals surface area (Å²) in [6, 6.07) is 15.2. The Bertz CT molecular complexity index is 1280. The number of aromatic nitrogens is 2. The van der Waals surface area contributed by atoms with Crippen LogP contribution in [0, 0.1) is 12.7 Å². The lowest BCUT2D eigenvalue weighted by Crippen LogP contribution is -2.25. The van der Waals surface area contributed by atoms with Gasteiger partial charge < -0.3 is 9.64 Å². The predicted octanol–water partition coefficient (Wildman–Crippen LogP) is 4.65. The summed E-state index contributed by atoms with van der Waals surface area (Å²) in [6.07, 6.45) is 0. The van der Waals surface area contributed by atoms with Crippen molar-refractivity contribution in [2.45, 2.75) is 20.0 Å². The van der Waals surface area contributed by atoms with Crippen molar-refractivity contribution >= 4 is 33.4 Å². The van der Waals surface area contributed by atoms with Crippen molar-refractivity contribution in [3.63, 3.8) is 0 Å². The monoisotopic (exact) mass is 451 g/mol. The minimum absolute atomic E-state index is 0.0871. The first kappa shape index (κ1) is 21.7. The lowest BCUT2D eigenvalue weighted by atomic mass is 10.1. The van der Waals surface area contributed by atoms with E-state index in [1.165, 1.54) is 30.6 Å². The number of hydrogen-bond acceptors (Lipinski definition) is 5. The number of hydrogen-bond donors (Lipinski definition) is 0. The molecule has 0 bridgehead atoms. The van der Waals surface area contributed by atoms with Gasteiger partial charge in [0.15, 0.2) is 0 Å². The topological polar surface area (TPSA) is 64.4 Å². The number of carbonyl (C=O) groups excluding carboxylic acids is 2. The lowest BCUT2D eigenvalue weighted by molar-refractivity contribution is 0.0600. The standard InChI is InChI=1S/C24H22FN3O3S/c1-15-20-12-21(32-23(20)28(26-15)14-17-6-10-19(25)11-7-17)22(29)27(2)13-16-4-8-18(9-5-16)24(30)31-3/h4-12H,13-14H2,1-3H3. The van der Waals surface area contributed by atoms with Crippen LogP contribution in [0.1, 0.15) is 36.9 Å². The largest absolute Gasteiger partial charge is 0.465 e. The van der Waals surface area contributed by atoms with Gasteiger partial charge in [0.25, 0.3) is 5.91 Å². The summed E-state index contributed by atoms with van der Waals surface area (Å²) in [4.78, 5) is 27.8. The maximum atomic E-state index is 13.2. The fraction of sp³-hybridized carbons (Fsp3) is 0.208. The van der Waals surface area contributed by atoms with E-state index in [0.29, 0.717) is 23.5 Å². The minimum Gasteiger partial charge on any atom is -0.465 e. The molecular formula is C24H22FN3O3S. The molecule has 32 heavy (non-hydrogen) atoms. The number of amides is 1. The van der Waals surface area contributed by atoms with Crippen LogP contribution in [0.5, 0.6) is 0 Å². The molecule has 0 unspecified atom stereocenters. The fourth-order valence-corrected chi connectivity index (χ4v) is 4.64. The number of methoxy groups -OCH3 is 1. The Morgan fingerprint density at radius 2 is 1.75 bits per heavy atom. The molecule has 0 N–H and O–H groups in total. The smallest absolute Gasteiger partial charge is 0.337 e. The van der Waals surface area contributed by atoms with Crippen molar-refractivity contribution in [3.05, 3.63) is 87.7 Å². The van der Waals surface area contributed by atoms with Crippen molar-refractivity contribution in [1.29, 1.82) is 0 Å². The molecule has 0 atom stereocenters. The average Bonchev–Trinajstić information content (AvgIpc) is 3.36. The van der Waals surface area contributed by atoms with Crippen LogP contribution in [0.4, 0.5) is 4.39 Å². The Labute approximate surface area is 188 Å². The predicted molar refractivity (Wildman–Crippen MR) is 121 cm³/mol. The maximum Gasteiger partial charge on any atom is 0.337 e. The molecule has 2 aromatic heterocycles. The van der Waals surface area contributed by atoms with Crippen molar-refractivity contribution in [1.82, 2.24) is 14.7 Å². The second-order valence-electron chi connectivity index (χ2n) is 7.55. The van der Waals surface area contributed by atoms with Crippen LogP contribution in [0.25, 0.3) is 10.2 Å². The van der Waals surface area contributed by atoms with Gasteiger partial charge in [-0.2, -0.15) is 5.10 Å². The van der Waals surface area contributed by atoms with Gasteiger partial charge in [0.05, 0.1) is 29.8 Å². The quantitative estimate of drug-likeness (QED) is 0.400. The molecule has 0 aliphatic rings. The van der Waals surface area contributed by atoms with Gasteiger partial charge in [0.2, 0.25) is 0 Å². The van der Waals surface area contributed by atoms with E-state index in [4.69, 9.17) is 4.74 Å². The molecule has 0 saturated carbocycles. The highest BCUT2D eigenvalue weighted by molar-refractivity contribution is 7.20. The van der Waals surface area contributed by atoms with Crippen LogP contribution >= 0.6 is 11.3 Å². The Kier molecular flexibility index (Phi) is 6.05. The second-order valence-corrected chi connectivity index (χ2v) is 8.58. The van der Waals surface area contributed by atoms with Crippen molar-refractivity contribution in [2.24, 2.45) is 0 Å². The summed E-state index contributed by atoms with van der Waals surface area (Å²) in [5.74, 6) is -0.755. The minimum atomic E-state index is -0.392. The molecule has 0 radical (unpaired) electrons. The van der Waals surface area contributed by atoms with Gasteiger partial charge >= 0.3 is 5.97 Å². The van der Waals surface area contributed by atoms with Crippen LogP contribution in [-0.2, 0) is 17.8 Å². The van der Waals surface area contributed by atoms with Gasteiger partial charge in [0, 0.05) is 19.0 Å². The van der Waals surface area contributed by atoms with Crippen LogP contribution < -0.4 is 0 Å². The third-order valence-electron chi connectivity index (χ3n) is 5.21. The molecule has 4 aromatic rings. The zero-order chi connectivity index (χ0) is 22.8. The number of aryl methyl sites for hydroxylation is 1. The van der Waals surface area contributed by atoms with E-state index in [1.807, 2.05) is 29.8 Å². The molecular weight excluding hydrogens is 429 g/mol. The summed E-state index contributed by atoms with van der Waals surface area (Å²) in [5, 5.41) is 5.52. The van der Waals surface area contributed by atoms with Crippen LogP contribution in [-0.4, -0.2) is 40.7 Å². The number of carbonyl (C=O) groups is 2. The van der Waals surface area contributed by atoms with E-state index in [-0.39, 0.29) is 11.7 Å². The fourth-order valence-electron chi connectivity index (χ4n) is 3.49. The highest BCUT2D eigenvalue weighted by atomic mass is 32.1. The number of halogens is 1. The molecule has 8 heteroatoms. The Hall–Kier alpha value is -3.52. The average molecular weight is 452 g/mol. The molecule has 2 aromatic carbocycles. The lowest BCUT2D eigenvalue weighted by Gasteiger charge is -2.16. The summed E-state index contributed by atoms with van der Waals surface area (Å²) >= 11 is 1.40. The zero-order valence-electron chi connectivity index (χ0n) is 18.0. The van der Waals surface area contributed by atoms with E-state index in [2.05, 4.69) is 5.10 Å². The molecule has 0 spiro atoms. The van der Waals surface area contributed by atoms with Crippen LogP contribution in [0.2, 0.25) is 0 Å². The molecule has 0 aliphatic heterocycles. The van der Waals surface area contributed by atoms with Gasteiger partial charge in [-0.15, -0.1) is 11.3 Å². The van der Waals surface area contributed by atoms with Gasteiger partial charge in [-0.3, -0.25) is 9.48 Å². The maximum absolute atomic E-state index is 13.2. The van der Waals surface area contributed by atoms with Gasteiger partial charge in [0.1, 0.15) is 10.6 Å². The Morgan fingerprint density at radius 1 is 1.09 bits per heavy atom. The summed E-state index contributed by atoms with van der Waals surface area (Å²) < 4.78 is 19.8. The molecule has 1 amide bonds. The Morgan fingerprint density at radius 3 is 2.41 bits per heavy atom. The van der Waals surface area contributed by atoms with Gasteiger partial charge in [-0.05, 0) is 48.4 Å². The molecule has 0 saturated heterocycles. The highest BCUT2D eigenvalue weighted by Crippen LogP contribution is 2.30. The van der Waals surface area contributed by atoms with Crippen molar-refractivity contribution < 1.29 is 18.7 Å². The number of nitrogens with zero attached hydrogens (tertiary/aromatic N) is 3. The van der Waals surface area contributed by atoms with E-state index in [1.54, 1.807) is 36.2 Å². The van der Waals surface area contributed by atoms with Gasteiger partial charge in [-0.1, -0.05) is 24.3 Å². The number of benzene rings is 2. The van der Waals surface area contributed by atoms with Crippen LogP contribution in [0.15, 0.2) is 54.6 Å². The number of ether oxygens (including phenoxy) is 1. The van der Waals surface area contributed by atoms with E-state index in [9.17, 15) is 14.0 Å². The van der Waals surface area contributed by atoms with Gasteiger partial charge in [-0.25, -0.2) is 9.18 Å². The first-order valence-corrected chi connectivity index (χ1v) is 10.8. The molecule has 2 heterocycles. The number of thiophene rings is 1. The molecule has 0 aliphatic carbocycles. The van der Waals surface area contributed by atoms with Crippen molar-refractivity contribution in [3.8, 4) is 0 Å². The number of rotatable bonds is 6. The molecule has 6 nitrogen and oxygen atoms in total.